The number of amides is 4. The van der Waals surface area contributed by atoms with Crippen molar-refractivity contribution < 1.29 is 56.5 Å². The van der Waals surface area contributed by atoms with Crippen LogP contribution in [0.2, 0.25) is 0 Å². The van der Waals surface area contributed by atoms with Gasteiger partial charge in [-0.1, -0.05) is 48.4 Å². The fourth-order valence-electron chi connectivity index (χ4n) is 6.46. The van der Waals surface area contributed by atoms with Crippen LogP contribution in [0.1, 0.15) is 89.0 Å². The molecule has 2 aliphatic carbocycles. The number of carboxylic acids is 2. The van der Waals surface area contributed by atoms with Gasteiger partial charge in [0, 0.05) is 23.0 Å². The highest BCUT2D eigenvalue weighted by atomic mass is 79.9. The zero-order valence-corrected chi connectivity index (χ0v) is 35.3. The van der Waals surface area contributed by atoms with E-state index in [0.717, 1.165) is 85.5 Å². The van der Waals surface area contributed by atoms with E-state index in [1.54, 1.807) is 0 Å². The molecule has 4 aromatic rings. The third-order valence-electron chi connectivity index (χ3n) is 9.19. The molecule has 22 heteroatoms. The molecule has 4 amide bonds. The molecule has 0 aliphatic heterocycles. The van der Waals surface area contributed by atoms with Gasteiger partial charge in [0.15, 0.2) is 21.8 Å². The number of aromatic nitrogens is 2. The van der Waals surface area contributed by atoms with Crippen LogP contribution in [0.15, 0.2) is 44.0 Å². The largest absolute Gasteiger partial charge is 0.481 e. The second kappa shape index (κ2) is 20.0. The molecule has 6 rings (SSSR count). The fourth-order valence-corrected chi connectivity index (χ4v) is 9.25. The number of hydrogen-bond acceptors (Lipinski definition) is 10. The van der Waals surface area contributed by atoms with Crippen molar-refractivity contribution >= 4 is 112 Å². The number of anilines is 4. The highest BCUT2D eigenvalue weighted by Gasteiger charge is 2.34. The number of thiazole rings is 2. The Hall–Kier alpha value is -4.80. The number of carbonyl (C=O) groups is 6. The number of alkyl halides is 3. The first-order chi connectivity index (χ1) is 27.9. The predicted molar refractivity (Wildman–Crippen MR) is 218 cm³/mol. The number of aliphatic carboxylic acids is 2. The summed E-state index contributed by atoms with van der Waals surface area (Å²) < 4.78 is 54.1. The van der Waals surface area contributed by atoms with Gasteiger partial charge in [-0.25, -0.2) is 23.9 Å². The summed E-state index contributed by atoms with van der Waals surface area (Å²) in [5, 5.41) is 27.9. The molecule has 0 radical (unpaired) electrons. The zero-order chi connectivity index (χ0) is 43.0. The predicted octanol–water partition coefficient (Wildman–Crippen LogP) is 10.3. The average molecular weight is 991 g/mol. The lowest BCUT2D eigenvalue weighted by atomic mass is 9.93. The standard InChI is InChI=1S/C19H17BrF3N3O4S.C18H17BrFN3O4S/c20-16-13(8-14(27)28)25-18(31-16)26-17(30)24-12-6-5-10(19(21,22)23)7-11(12)15(29)9-3-1-2-4-9;19-16-13(8-14(24)25)22-18(28-16)23-17(27)21-12-6-5-10(20)7-11(12)15(26)9-3-1-2-4-9/h5-7,9H,1-4,8H2,(H,27,28)(H2,24,25,26,30);5-7,9H,1-4,8H2,(H,24,25)(H2,21,22,23,27). The van der Waals surface area contributed by atoms with Gasteiger partial charge >= 0.3 is 30.2 Å². The molecule has 2 fully saturated rings. The Morgan fingerprint density at radius 3 is 1.47 bits per heavy atom. The molecule has 0 unspecified atom stereocenters. The van der Waals surface area contributed by atoms with E-state index in [9.17, 15) is 46.3 Å². The molecule has 314 valence electrons. The van der Waals surface area contributed by atoms with Gasteiger partial charge in [0.05, 0.1) is 48.7 Å². The number of urea groups is 2. The summed E-state index contributed by atoms with van der Waals surface area (Å²) >= 11 is 8.44. The normalized spacial score (nSPS) is 14.3. The number of carbonyl (C=O) groups excluding carboxylic acids is 4. The van der Waals surface area contributed by atoms with Crippen molar-refractivity contribution in [2.75, 3.05) is 21.3 Å². The Morgan fingerprint density at radius 2 is 1.07 bits per heavy atom. The van der Waals surface area contributed by atoms with E-state index in [0.29, 0.717) is 26.1 Å². The van der Waals surface area contributed by atoms with E-state index in [1.165, 1.54) is 12.1 Å². The Labute approximate surface area is 357 Å². The quantitative estimate of drug-likeness (QED) is 0.0583. The van der Waals surface area contributed by atoms with E-state index >= 15 is 0 Å². The first-order valence-corrected chi connectivity index (χ1v) is 21.1. The van der Waals surface area contributed by atoms with E-state index < -0.39 is 47.3 Å². The first-order valence-electron chi connectivity index (χ1n) is 17.9. The molecule has 0 atom stereocenters. The van der Waals surface area contributed by atoms with Crippen molar-refractivity contribution in [1.29, 1.82) is 0 Å². The van der Waals surface area contributed by atoms with Crippen molar-refractivity contribution in [2.24, 2.45) is 11.8 Å². The lowest BCUT2D eigenvalue weighted by Gasteiger charge is -2.16. The van der Waals surface area contributed by atoms with E-state index in [1.807, 2.05) is 0 Å². The number of nitrogens with zero attached hydrogens (tertiary/aromatic N) is 2. The van der Waals surface area contributed by atoms with Crippen molar-refractivity contribution in [3.63, 3.8) is 0 Å². The van der Waals surface area contributed by atoms with Crippen LogP contribution in [0, 0.1) is 17.7 Å². The van der Waals surface area contributed by atoms with Crippen LogP contribution >= 0.6 is 54.5 Å². The molecule has 0 saturated heterocycles. The van der Waals surface area contributed by atoms with Crippen LogP contribution in [0.25, 0.3) is 0 Å². The molecule has 59 heavy (non-hydrogen) atoms. The topological polar surface area (TPSA) is 217 Å². The monoisotopic (exact) mass is 988 g/mol. The smallest absolute Gasteiger partial charge is 0.416 e. The average Bonchev–Trinajstić information content (AvgIpc) is 3.98. The molecule has 2 aromatic carbocycles. The maximum absolute atomic E-state index is 13.7. The van der Waals surface area contributed by atoms with Crippen LogP contribution < -0.4 is 21.3 Å². The summed E-state index contributed by atoms with van der Waals surface area (Å²) in [6.45, 7) is 0. The lowest BCUT2D eigenvalue weighted by Crippen LogP contribution is -2.23. The Balaban J connectivity index is 0.000000225. The summed E-state index contributed by atoms with van der Waals surface area (Å²) in [7, 11) is 0. The number of Topliss-reactive ketones (excluding diaryl/α,β-unsaturated/α-hetero) is 2. The highest BCUT2D eigenvalue weighted by Crippen LogP contribution is 2.36. The van der Waals surface area contributed by atoms with E-state index in [2.05, 4.69) is 63.1 Å². The third-order valence-corrected chi connectivity index (χ3v) is 12.7. The van der Waals surface area contributed by atoms with Gasteiger partial charge in [0.1, 0.15) is 5.82 Å². The molecule has 14 nitrogen and oxygen atoms in total. The van der Waals surface area contributed by atoms with Gasteiger partial charge in [-0.2, -0.15) is 13.2 Å². The van der Waals surface area contributed by atoms with E-state index in [-0.39, 0.29) is 68.9 Å². The van der Waals surface area contributed by atoms with Crippen LogP contribution in [0.3, 0.4) is 0 Å². The number of halogens is 6. The summed E-state index contributed by atoms with van der Waals surface area (Å²) in [5.74, 6) is -3.81. The molecule has 0 spiro atoms. The zero-order valence-electron chi connectivity index (χ0n) is 30.5. The Kier molecular flexibility index (Phi) is 15.3. The summed E-state index contributed by atoms with van der Waals surface area (Å²) in [5.41, 5.74) is -0.313. The summed E-state index contributed by atoms with van der Waals surface area (Å²) in [6, 6.07) is 4.81. The van der Waals surface area contributed by atoms with Crippen molar-refractivity contribution in [3.8, 4) is 0 Å². The molecule has 6 N–H and O–H groups in total. The fraction of sp³-hybridized carbons (Fsp3) is 0.351. The van der Waals surface area contributed by atoms with Crippen LogP contribution in [-0.4, -0.2) is 55.7 Å². The van der Waals surface area contributed by atoms with Gasteiger partial charge in [0.25, 0.3) is 0 Å². The molecule has 2 saturated carbocycles. The minimum atomic E-state index is -4.63. The SMILES string of the molecule is O=C(O)Cc1nc(NC(=O)Nc2ccc(C(F)(F)F)cc2C(=O)C2CCCC2)sc1Br.O=C(O)Cc1nc(NC(=O)Nc2ccc(F)cc2C(=O)C2CCCC2)sc1Br. The van der Waals surface area contributed by atoms with Gasteiger partial charge in [-0.3, -0.25) is 29.8 Å². The lowest BCUT2D eigenvalue weighted by molar-refractivity contribution is -0.138. The van der Waals surface area contributed by atoms with Crippen molar-refractivity contribution in [3.05, 3.63) is 77.9 Å². The highest BCUT2D eigenvalue weighted by molar-refractivity contribution is 9.11. The number of carboxylic acid groups (broad SMARTS) is 2. The van der Waals surface area contributed by atoms with Crippen molar-refractivity contribution in [1.82, 2.24) is 9.97 Å². The van der Waals surface area contributed by atoms with Gasteiger partial charge in [-0.05, 0) is 93.9 Å². The number of benzene rings is 2. The Morgan fingerprint density at radius 1 is 0.661 bits per heavy atom. The van der Waals surface area contributed by atoms with E-state index in [4.69, 9.17) is 10.2 Å². The number of ketones is 2. The van der Waals surface area contributed by atoms with Crippen molar-refractivity contribution in [2.45, 2.75) is 70.4 Å². The molecular formula is C37H34Br2F4N6O8S2. The van der Waals surface area contributed by atoms with Crippen LogP contribution in [0.5, 0.6) is 0 Å². The number of nitrogens with one attached hydrogen (secondary N) is 4. The molecule has 2 heterocycles. The minimum Gasteiger partial charge on any atom is -0.481 e. The first kappa shape index (κ1) is 45.3. The molecule has 2 aliphatic rings. The minimum absolute atomic E-state index is 0.0382. The maximum Gasteiger partial charge on any atom is 0.416 e. The number of rotatable bonds is 12. The van der Waals surface area contributed by atoms with Gasteiger partial charge in [-0.15, -0.1) is 0 Å². The number of hydrogen-bond donors (Lipinski definition) is 6. The second-order valence-corrected chi connectivity index (χ2v) is 18.1. The van der Waals surface area contributed by atoms with Crippen LogP contribution in [-0.2, 0) is 28.6 Å². The molecule has 0 bridgehead atoms. The summed E-state index contributed by atoms with van der Waals surface area (Å²) in [4.78, 5) is 79.9. The second-order valence-electron chi connectivity index (χ2n) is 13.4. The summed E-state index contributed by atoms with van der Waals surface area (Å²) in [6.07, 6.45) is 1.06. The molecule has 2 aromatic heterocycles. The van der Waals surface area contributed by atoms with Gasteiger partial charge < -0.3 is 20.8 Å². The third kappa shape index (κ3) is 12.6. The van der Waals surface area contributed by atoms with Crippen LogP contribution in [0.4, 0.5) is 48.8 Å². The van der Waals surface area contributed by atoms with Gasteiger partial charge in [0.2, 0.25) is 0 Å². The molecular weight excluding hydrogens is 956 g/mol. The Bertz CT molecular complexity index is 2260. The maximum atomic E-state index is 13.7.